The van der Waals surface area contributed by atoms with E-state index in [2.05, 4.69) is 57.7 Å². The summed E-state index contributed by atoms with van der Waals surface area (Å²) in [6, 6.07) is 20.5. The van der Waals surface area contributed by atoms with Crippen molar-refractivity contribution in [1.29, 1.82) is 0 Å². The molecule has 0 unspecified atom stereocenters. The Morgan fingerprint density at radius 1 is 0.875 bits per heavy atom. The van der Waals surface area contributed by atoms with Crippen molar-refractivity contribution in [2.24, 2.45) is 0 Å². The number of ether oxygens (including phenoxy) is 2. The second-order valence-electron chi connectivity index (χ2n) is 7.33. The van der Waals surface area contributed by atoms with Gasteiger partial charge in [0.15, 0.2) is 16.6 Å². The molecule has 0 saturated heterocycles. The monoisotopic (exact) mass is 449 g/mol. The summed E-state index contributed by atoms with van der Waals surface area (Å²) in [5, 5.41) is 4.16. The molecule has 1 heterocycles. The van der Waals surface area contributed by atoms with Crippen LogP contribution in [0, 0.1) is 0 Å². The molecule has 5 nitrogen and oxygen atoms in total. The molecular weight excluding hydrogens is 418 g/mol. The SMILES string of the molecule is CCOc1ccc(CCNC(=S)N(Cc2ccccc2)Cc2cccnc2)cc1OCC. The first kappa shape index (κ1) is 23.5. The summed E-state index contributed by atoms with van der Waals surface area (Å²) in [6.07, 6.45) is 4.50. The lowest BCUT2D eigenvalue weighted by molar-refractivity contribution is 0.287. The van der Waals surface area contributed by atoms with Crippen molar-refractivity contribution in [3.05, 3.63) is 89.7 Å². The van der Waals surface area contributed by atoms with E-state index in [-0.39, 0.29) is 0 Å². The van der Waals surface area contributed by atoms with Crippen LogP contribution in [-0.4, -0.2) is 34.8 Å². The lowest BCUT2D eigenvalue weighted by Gasteiger charge is -2.26. The molecule has 2 aromatic carbocycles. The molecule has 0 radical (unpaired) electrons. The van der Waals surface area contributed by atoms with Crippen LogP contribution in [0.1, 0.15) is 30.5 Å². The maximum atomic E-state index is 5.76. The average Bonchev–Trinajstić information content (AvgIpc) is 2.82. The molecule has 0 bridgehead atoms. The fourth-order valence-electron chi connectivity index (χ4n) is 3.39. The van der Waals surface area contributed by atoms with E-state index in [1.54, 1.807) is 6.20 Å². The van der Waals surface area contributed by atoms with Crippen LogP contribution >= 0.6 is 12.2 Å². The Morgan fingerprint density at radius 3 is 2.31 bits per heavy atom. The maximum absolute atomic E-state index is 5.76. The third-order valence-corrected chi connectivity index (χ3v) is 5.30. The van der Waals surface area contributed by atoms with Crippen molar-refractivity contribution in [3.63, 3.8) is 0 Å². The van der Waals surface area contributed by atoms with E-state index in [0.29, 0.717) is 19.8 Å². The van der Waals surface area contributed by atoms with E-state index in [9.17, 15) is 0 Å². The molecule has 0 fully saturated rings. The second kappa shape index (κ2) is 12.7. The van der Waals surface area contributed by atoms with Gasteiger partial charge in [-0.1, -0.05) is 42.5 Å². The summed E-state index contributed by atoms with van der Waals surface area (Å²) < 4.78 is 11.4. The summed E-state index contributed by atoms with van der Waals surface area (Å²) in [5.41, 5.74) is 3.52. The smallest absolute Gasteiger partial charge is 0.169 e. The highest BCUT2D eigenvalue weighted by molar-refractivity contribution is 7.80. The third kappa shape index (κ3) is 7.24. The molecule has 1 N–H and O–H groups in total. The van der Waals surface area contributed by atoms with Gasteiger partial charge in [0.25, 0.3) is 0 Å². The zero-order valence-electron chi connectivity index (χ0n) is 18.8. The largest absolute Gasteiger partial charge is 0.490 e. The number of hydrogen-bond donors (Lipinski definition) is 1. The van der Waals surface area contributed by atoms with E-state index >= 15 is 0 Å². The van der Waals surface area contributed by atoms with Crippen LogP contribution in [0.15, 0.2) is 73.1 Å². The lowest BCUT2D eigenvalue weighted by atomic mass is 10.1. The number of benzene rings is 2. The van der Waals surface area contributed by atoms with Crippen LogP contribution in [0.3, 0.4) is 0 Å². The molecular formula is C26H31N3O2S. The quantitative estimate of drug-likeness (QED) is 0.416. The van der Waals surface area contributed by atoms with Crippen LogP contribution in [0.25, 0.3) is 0 Å². The molecule has 0 aliphatic rings. The number of nitrogens with one attached hydrogen (secondary N) is 1. The van der Waals surface area contributed by atoms with Gasteiger partial charge in [0, 0.05) is 32.0 Å². The Labute approximate surface area is 196 Å². The van der Waals surface area contributed by atoms with Gasteiger partial charge in [-0.15, -0.1) is 0 Å². The van der Waals surface area contributed by atoms with Crippen molar-refractivity contribution in [3.8, 4) is 11.5 Å². The fourth-order valence-corrected chi connectivity index (χ4v) is 3.62. The highest BCUT2D eigenvalue weighted by Gasteiger charge is 2.12. The van der Waals surface area contributed by atoms with Gasteiger partial charge in [-0.2, -0.15) is 0 Å². The highest BCUT2D eigenvalue weighted by atomic mass is 32.1. The standard InChI is InChI=1S/C26H31N3O2S/c1-3-30-24-13-12-21(17-25(24)31-4-2)14-16-28-26(32)29(19-22-9-6-5-7-10-22)20-23-11-8-15-27-18-23/h5-13,15,17-18H,3-4,14,16,19-20H2,1-2H3,(H,28,32). The molecule has 3 aromatic rings. The van der Waals surface area contributed by atoms with Gasteiger partial charge < -0.3 is 19.7 Å². The summed E-state index contributed by atoms with van der Waals surface area (Å²) in [4.78, 5) is 6.41. The molecule has 32 heavy (non-hydrogen) atoms. The first-order valence-corrected chi connectivity index (χ1v) is 11.4. The van der Waals surface area contributed by atoms with Gasteiger partial charge in [0.2, 0.25) is 0 Å². The molecule has 0 aliphatic heterocycles. The fraction of sp³-hybridized carbons (Fsp3) is 0.308. The first-order chi connectivity index (χ1) is 15.7. The van der Waals surface area contributed by atoms with Gasteiger partial charge in [-0.3, -0.25) is 4.98 Å². The maximum Gasteiger partial charge on any atom is 0.169 e. The minimum atomic E-state index is 0.606. The van der Waals surface area contributed by atoms with Crippen molar-refractivity contribution >= 4 is 17.3 Å². The molecule has 0 aliphatic carbocycles. The van der Waals surface area contributed by atoms with Crippen molar-refractivity contribution in [1.82, 2.24) is 15.2 Å². The van der Waals surface area contributed by atoms with Gasteiger partial charge in [-0.05, 0) is 67.4 Å². The van der Waals surface area contributed by atoms with E-state index in [1.807, 2.05) is 38.2 Å². The van der Waals surface area contributed by atoms with Crippen molar-refractivity contribution < 1.29 is 9.47 Å². The molecule has 3 rings (SSSR count). The van der Waals surface area contributed by atoms with Crippen LogP contribution < -0.4 is 14.8 Å². The summed E-state index contributed by atoms with van der Waals surface area (Å²) in [5.74, 6) is 1.57. The first-order valence-electron chi connectivity index (χ1n) is 11.0. The molecule has 0 amide bonds. The van der Waals surface area contributed by atoms with E-state index in [1.165, 1.54) is 11.1 Å². The minimum absolute atomic E-state index is 0.606. The van der Waals surface area contributed by atoms with Gasteiger partial charge in [0.05, 0.1) is 13.2 Å². The summed E-state index contributed by atoms with van der Waals surface area (Å²) in [7, 11) is 0. The Hall–Kier alpha value is -3.12. The topological polar surface area (TPSA) is 46.6 Å². The molecule has 0 atom stereocenters. The van der Waals surface area contributed by atoms with E-state index in [0.717, 1.165) is 41.7 Å². The van der Waals surface area contributed by atoms with Gasteiger partial charge in [-0.25, -0.2) is 0 Å². The Morgan fingerprint density at radius 2 is 1.59 bits per heavy atom. The van der Waals surface area contributed by atoms with Crippen LogP contribution in [-0.2, 0) is 19.5 Å². The number of thiocarbonyl (C=S) groups is 1. The normalized spacial score (nSPS) is 10.4. The predicted molar refractivity (Wildman–Crippen MR) is 133 cm³/mol. The predicted octanol–water partition coefficient (Wildman–Crippen LogP) is 5.00. The third-order valence-electron chi connectivity index (χ3n) is 4.90. The Balaban J connectivity index is 1.62. The minimum Gasteiger partial charge on any atom is -0.490 e. The number of rotatable bonds is 11. The molecule has 6 heteroatoms. The van der Waals surface area contributed by atoms with Crippen molar-refractivity contribution in [2.45, 2.75) is 33.4 Å². The second-order valence-corrected chi connectivity index (χ2v) is 7.72. The van der Waals surface area contributed by atoms with Gasteiger partial charge >= 0.3 is 0 Å². The lowest BCUT2D eigenvalue weighted by Crippen LogP contribution is -2.39. The molecule has 0 saturated carbocycles. The van der Waals surface area contributed by atoms with Crippen LogP contribution in [0.4, 0.5) is 0 Å². The van der Waals surface area contributed by atoms with Crippen LogP contribution in [0.2, 0.25) is 0 Å². The Kier molecular flexibility index (Phi) is 9.32. The number of aromatic nitrogens is 1. The van der Waals surface area contributed by atoms with Crippen molar-refractivity contribution in [2.75, 3.05) is 19.8 Å². The zero-order valence-corrected chi connectivity index (χ0v) is 19.6. The number of pyridine rings is 1. The number of nitrogens with zero attached hydrogens (tertiary/aromatic N) is 2. The van der Waals surface area contributed by atoms with E-state index in [4.69, 9.17) is 21.7 Å². The average molecular weight is 450 g/mol. The van der Waals surface area contributed by atoms with Crippen LogP contribution in [0.5, 0.6) is 11.5 Å². The summed E-state index contributed by atoms with van der Waals surface area (Å²) in [6.45, 7) is 7.34. The van der Waals surface area contributed by atoms with E-state index < -0.39 is 0 Å². The Bertz CT molecular complexity index is 926. The number of hydrogen-bond acceptors (Lipinski definition) is 4. The zero-order chi connectivity index (χ0) is 22.6. The summed E-state index contributed by atoms with van der Waals surface area (Å²) >= 11 is 5.76. The molecule has 168 valence electrons. The highest BCUT2D eigenvalue weighted by Crippen LogP contribution is 2.28. The molecule has 1 aromatic heterocycles. The van der Waals surface area contributed by atoms with Gasteiger partial charge in [0.1, 0.15) is 0 Å². The molecule has 0 spiro atoms.